The van der Waals surface area contributed by atoms with Gasteiger partial charge in [0.25, 0.3) is 0 Å². The quantitative estimate of drug-likeness (QED) is 0.0689. The highest BCUT2D eigenvalue weighted by Gasteiger charge is 2.80. The molecule has 12 fully saturated rings. The van der Waals surface area contributed by atoms with Crippen molar-refractivity contribution in [2.24, 2.45) is 50.2 Å². The Kier molecular flexibility index (Phi) is 20.5. The van der Waals surface area contributed by atoms with Crippen LogP contribution in [-0.2, 0) is 61.6 Å². The molecule has 5 saturated carbocycles. The molecule has 7 aliphatic heterocycles. The van der Waals surface area contributed by atoms with E-state index < -0.39 is 223 Å². The SMILES string of the molecule is C[C@@H]1O[C@@H](O[C@H]2[C@H](O)[C@@H](O)[C@H](O[C@H]3[C@H](O)[C@@H](CO)O[C@@H](O[C@H]4CO[C@@H](O[C@H]5CC[C@]6(C)[C@H]7CC[C@]89OC[C@@]%10(CCC(C)(C)C[C@H]%108)[C@H](O)C[C@@]9(C)[C@]7(C)CC[C@H]6C5(C)C)[C@H](O[C@@H]5O[C@H](CO)[C@@H](O)[C@H](O)[C@H]5O)[C@H]4O)[C@@H]3O[C@@H]3OC[C@@H](O)[C@H](O)[C@H]3O)O[C@@H]2CO)[C@H](O)[C@H](O)[C@H]1O. The lowest BCUT2D eigenvalue weighted by Crippen LogP contribution is -2.74. The van der Waals surface area contributed by atoms with E-state index in [9.17, 15) is 86.8 Å². The Bertz CT molecular complexity index is 2590. The third kappa shape index (κ3) is 11.6. The van der Waals surface area contributed by atoms with Crippen LogP contribution >= 0.6 is 0 Å². The monoisotopic (exact) mass is 1350 g/mol. The molecular formula is C64H106O30. The fraction of sp³-hybridized carbons (Fsp3) is 1.00. The average molecular weight is 1360 g/mol. The molecule has 7 heterocycles. The second kappa shape index (κ2) is 26.6. The zero-order chi connectivity index (χ0) is 68.1. The van der Waals surface area contributed by atoms with Crippen LogP contribution in [0.2, 0.25) is 0 Å². The van der Waals surface area contributed by atoms with Crippen LogP contribution in [0.25, 0.3) is 0 Å². The summed E-state index contributed by atoms with van der Waals surface area (Å²) in [5.41, 5.74) is -1.77. The Labute approximate surface area is 546 Å². The summed E-state index contributed by atoms with van der Waals surface area (Å²) in [6.07, 6.45) is -43.0. The van der Waals surface area contributed by atoms with Crippen LogP contribution in [0, 0.1) is 50.2 Å². The summed E-state index contributed by atoms with van der Waals surface area (Å²) in [6, 6.07) is 0. The van der Waals surface area contributed by atoms with Crippen molar-refractivity contribution in [3.8, 4) is 0 Å². The molecule has 30 heteroatoms. The van der Waals surface area contributed by atoms with E-state index in [0.717, 1.165) is 51.4 Å². The lowest BCUT2D eigenvalue weighted by Gasteiger charge is -2.75. The zero-order valence-corrected chi connectivity index (χ0v) is 54.8. The van der Waals surface area contributed by atoms with Crippen LogP contribution in [0.3, 0.4) is 0 Å². The first-order valence-electron chi connectivity index (χ1n) is 34.0. The van der Waals surface area contributed by atoms with Crippen LogP contribution in [0.15, 0.2) is 0 Å². The van der Waals surface area contributed by atoms with Crippen LogP contribution in [-0.4, -0.2) is 316 Å². The van der Waals surface area contributed by atoms with Gasteiger partial charge in [0.05, 0.1) is 63.6 Å². The van der Waals surface area contributed by atoms with Gasteiger partial charge in [-0.1, -0.05) is 48.5 Å². The van der Waals surface area contributed by atoms with Gasteiger partial charge in [-0.25, -0.2) is 0 Å². The summed E-state index contributed by atoms with van der Waals surface area (Å²) in [5, 5.41) is 189. The summed E-state index contributed by atoms with van der Waals surface area (Å²) in [4.78, 5) is 0. The van der Waals surface area contributed by atoms with Crippen LogP contribution in [0.4, 0.5) is 0 Å². The standard InChI is InChI=1S/C64H106O30/c1-25-36(70)41(75)45(79)53(85-25)91-48-29(21-67)88-55(47(81)43(48)77)92-49-39(73)28(20-66)87-57(51(49)94-52-44(78)37(71)26(68)22-82-52)89-30-23-83-56(50(40(30)74)93-54-46(80)42(76)38(72)27(19-65)86-54)90-35-11-12-60(6)31(59(35,4)5)9-13-61(7)32(60)10-14-64-33-17-58(2,3)15-16-63(33,24-84-64)34(69)18-62(61,64)8/h25-57,65-81H,9-24H2,1-8H3/t25-,26+,27+,28+,29+,30-,31-,32+,33+,34+,35-,36-,37-,38+,39+,40-,41+,42-,43+,44+,45+,46+,47+,48+,49-,50+,51+,52-,53-,54-,55-,56-,57-,60-,61+,62-,63+,64-/m0/s1. The normalized spacial score (nSPS) is 57.2. The van der Waals surface area contributed by atoms with Crippen molar-refractivity contribution in [3.05, 3.63) is 0 Å². The number of fused-ring (bicyclic) bond motifs is 4. The maximum atomic E-state index is 12.8. The first kappa shape index (κ1) is 72.6. The van der Waals surface area contributed by atoms with E-state index in [4.69, 9.17) is 61.6 Å². The van der Waals surface area contributed by atoms with Crippen molar-refractivity contribution in [1.29, 1.82) is 0 Å². The van der Waals surface area contributed by atoms with Crippen molar-refractivity contribution in [2.75, 3.05) is 39.6 Å². The first-order chi connectivity index (χ1) is 44.2. The molecule has 12 rings (SSSR count). The number of ether oxygens (including phenoxy) is 13. The minimum absolute atomic E-state index is 0.0867. The molecule has 94 heavy (non-hydrogen) atoms. The minimum atomic E-state index is -2.17. The highest BCUT2D eigenvalue weighted by atomic mass is 16.8. The predicted molar refractivity (Wildman–Crippen MR) is 314 cm³/mol. The van der Waals surface area contributed by atoms with E-state index in [1.54, 1.807) is 0 Å². The molecule has 0 aromatic carbocycles. The lowest BCUT2D eigenvalue weighted by atomic mass is 9.30. The summed E-state index contributed by atoms with van der Waals surface area (Å²) >= 11 is 0. The number of hydrogen-bond donors (Lipinski definition) is 17. The highest BCUT2D eigenvalue weighted by molar-refractivity contribution is 5.28. The fourth-order valence-electron chi connectivity index (χ4n) is 20.3. The van der Waals surface area contributed by atoms with E-state index in [-0.39, 0.29) is 50.4 Å². The Hall–Kier alpha value is -1.20. The minimum Gasteiger partial charge on any atom is -0.394 e. The van der Waals surface area contributed by atoms with Crippen molar-refractivity contribution >= 4 is 0 Å². The largest absolute Gasteiger partial charge is 0.394 e. The molecule has 0 unspecified atom stereocenters. The van der Waals surface area contributed by atoms with Crippen molar-refractivity contribution in [2.45, 2.75) is 309 Å². The second-order valence-corrected chi connectivity index (χ2v) is 31.8. The zero-order valence-electron chi connectivity index (χ0n) is 54.8. The molecular weight excluding hydrogens is 1250 g/mol. The summed E-state index contributed by atoms with van der Waals surface area (Å²) in [7, 11) is 0. The van der Waals surface area contributed by atoms with E-state index in [1.807, 2.05) is 0 Å². The molecule has 0 aromatic heterocycles. The van der Waals surface area contributed by atoms with E-state index in [0.29, 0.717) is 19.4 Å². The maximum absolute atomic E-state index is 12.8. The summed E-state index contributed by atoms with van der Waals surface area (Å²) < 4.78 is 81.0. The first-order valence-corrected chi connectivity index (χ1v) is 34.0. The molecule has 7 saturated heterocycles. The van der Waals surface area contributed by atoms with E-state index >= 15 is 0 Å². The summed E-state index contributed by atoms with van der Waals surface area (Å²) in [5.74, 6) is 0.591. The molecule has 1 spiro atoms. The highest BCUT2D eigenvalue weighted by Crippen LogP contribution is 2.80. The molecule has 5 aliphatic carbocycles. The summed E-state index contributed by atoms with van der Waals surface area (Å²) in [6.45, 7) is 14.4. The molecule has 12 aliphatic rings. The molecule has 0 aromatic rings. The number of hydrogen-bond acceptors (Lipinski definition) is 30. The van der Waals surface area contributed by atoms with Gasteiger partial charge in [-0.2, -0.15) is 0 Å². The fourth-order valence-corrected chi connectivity index (χ4v) is 20.3. The lowest BCUT2D eigenvalue weighted by molar-refractivity contribution is -0.408. The Morgan fingerprint density at radius 1 is 0.415 bits per heavy atom. The van der Waals surface area contributed by atoms with Crippen molar-refractivity contribution < 1.29 is 148 Å². The van der Waals surface area contributed by atoms with Gasteiger partial charge in [0.15, 0.2) is 37.7 Å². The van der Waals surface area contributed by atoms with E-state index in [1.165, 1.54) is 6.92 Å². The molecule has 542 valence electrons. The van der Waals surface area contributed by atoms with Gasteiger partial charge in [-0.15, -0.1) is 0 Å². The third-order valence-corrected chi connectivity index (χ3v) is 26.0. The van der Waals surface area contributed by atoms with Gasteiger partial charge < -0.3 is 148 Å². The van der Waals surface area contributed by atoms with Crippen molar-refractivity contribution in [3.63, 3.8) is 0 Å². The molecule has 17 N–H and O–H groups in total. The average Bonchev–Trinajstić information content (AvgIpc) is 1.32. The van der Waals surface area contributed by atoms with Gasteiger partial charge in [-0.05, 0) is 111 Å². The number of rotatable bonds is 15. The van der Waals surface area contributed by atoms with Crippen molar-refractivity contribution in [1.82, 2.24) is 0 Å². The Morgan fingerprint density at radius 3 is 1.66 bits per heavy atom. The van der Waals surface area contributed by atoms with Gasteiger partial charge in [-0.3, -0.25) is 0 Å². The molecule has 2 bridgehead atoms. The third-order valence-electron chi connectivity index (χ3n) is 26.0. The van der Waals surface area contributed by atoms with Gasteiger partial charge in [0.1, 0.15) is 128 Å². The molecule has 0 amide bonds. The molecule has 30 nitrogen and oxygen atoms in total. The number of aliphatic hydroxyl groups is 17. The van der Waals surface area contributed by atoms with Gasteiger partial charge >= 0.3 is 0 Å². The van der Waals surface area contributed by atoms with Gasteiger partial charge in [0, 0.05) is 10.8 Å². The molecule has 0 radical (unpaired) electrons. The van der Waals surface area contributed by atoms with Crippen LogP contribution < -0.4 is 0 Å². The number of aliphatic hydroxyl groups excluding tert-OH is 17. The molecule has 38 atom stereocenters. The Morgan fingerprint density at radius 2 is 0.979 bits per heavy atom. The smallest absolute Gasteiger partial charge is 0.187 e. The van der Waals surface area contributed by atoms with Crippen LogP contribution in [0.5, 0.6) is 0 Å². The maximum Gasteiger partial charge on any atom is 0.187 e. The van der Waals surface area contributed by atoms with Gasteiger partial charge in [0.2, 0.25) is 0 Å². The predicted octanol–water partition coefficient (Wildman–Crippen LogP) is -4.40. The van der Waals surface area contributed by atoms with Crippen LogP contribution in [0.1, 0.15) is 120 Å². The topological polar surface area (TPSA) is 464 Å². The Balaban J connectivity index is 0.809. The second-order valence-electron chi connectivity index (χ2n) is 31.8. The van der Waals surface area contributed by atoms with E-state index in [2.05, 4.69) is 48.5 Å².